The Morgan fingerprint density at radius 3 is 2.17 bits per heavy atom. The highest BCUT2D eigenvalue weighted by molar-refractivity contribution is 5.62. The second kappa shape index (κ2) is 10.7. The Morgan fingerprint density at radius 1 is 1.00 bits per heavy atom. The van der Waals surface area contributed by atoms with Crippen LogP contribution in [0.25, 0.3) is 0 Å². The first-order valence-corrected chi connectivity index (χ1v) is 6.38. The van der Waals surface area contributed by atoms with Gasteiger partial charge in [0.05, 0.1) is 0 Å². The van der Waals surface area contributed by atoms with E-state index in [-0.39, 0.29) is 6.10 Å². The molecule has 0 aromatic rings. The molecule has 1 unspecified atom stereocenters. The van der Waals surface area contributed by atoms with E-state index in [0.29, 0.717) is 0 Å². The Morgan fingerprint density at radius 2 is 1.61 bits per heavy atom. The van der Waals surface area contributed by atoms with E-state index in [9.17, 15) is 9.59 Å². The Labute approximate surface area is 107 Å². The number of ether oxygens (including phenoxy) is 1. The van der Waals surface area contributed by atoms with Crippen LogP contribution in [-0.2, 0) is 14.5 Å². The third-order valence-electron chi connectivity index (χ3n) is 2.45. The fraction of sp³-hybridized carbons (Fsp3) is 0.833. The van der Waals surface area contributed by atoms with Gasteiger partial charge in [0, 0.05) is 0 Å². The van der Waals surface area contributed by atoms with Crippen LogP contribution < -0.4 is 0 Å². The maximum absolute atomic E-state index is 11.1. The third-order valence-corrected chi connectivity index (χ3v) is 2.45. The molecule has 0 fully saturated rings. The minimum atomic E-state index is -1.68. The summed E-state index contributed by atoms with van der Waals surface area (Å²) in [6.45, 7) is 4.14. The molecule has 18 heavy (non-hydrogen) atoms. The van der Waals surface area contributed by atoms with Crippen molar-refractivity contribution >= 4 is 12.3 Å². The molecule has 106 valence electrons. The number of hydrogen-bond acceptors (Lipinski definition) is 5. The maximum Gasteiger partial charge on any atom is 0.550 e. The van der Waals surface area contributed by atoms with E-state index in [1.54, 1.807) is 0 Å². The quantitative estimate of drug-likeness (QED) is 0.309. The summed E-state index contributed by atoms with van der Waals surface area (Å²) in [6.07, 6.45) is 3.59. The Balaban J connectivity index is 3.95. The molecule has 0 amide bonds. The average molecular weight is 262 g/mol. The fourth-order valence-electron chi connectivity index (χ4n) is 1.54. The summed E-state index contributed by atoms with van der Waals surface area (Å²) in [5.41, 5.74) is 0. The van der Waals surface area contributed by atoms with Gasteiger partial charge in [-0.05, 0) is 19.3 Å². The zero-order valence-electron chi connectivity index (χ0n) is 11.0. The van der Waals surface area contributed by atoms with Crippen LogP contribution in [0.15, 0.2) is 0 Å². The van der Waals surface area contributed by atoms with Crippen molar-refractivity contribution in [3.63, 3.8) is 0 Å². The van der Waals surface area contributed by atoms with Crippen molar-refractivity contribution in [2.45, 2.75) is 64.9 Å². The second-order valence-corrected chi connectivity index (χ2v) is 4.06. The van der Waals surface area contributed by atoms with Gasteiger partial charge in [0.2, 0.25) is 0 Å². The van der Waals surface area contributed by atoms with Crippen LogP contribution >= 0.6 is 0 Å². The van der Waals surface area contributed by atoms with Crippen LogP contribution in [0.2, 0.25) is 0 Å². The molecule has 0 aromatic heterocycles. The highest BCUT2D eigenvalue weighted by atomic mass is 17.3. The normalized spacial score (nSPS) is 11.7. The molecule has 6 heteroatoms. The topological polar surface area (TPSA) is 82.1 Å². The first kappa shape index (κ1) is 16.5. The lowest BCUT2D eigenvalue weighted by Crippen LogP contribution is -2.20. The van der Waals surface area contributed by atoms with Gasteiger partial charge >= 0.3 is 12.3 Å². The number of carbonyl (C=O) groups is 2. The van der Waals surface area contributed by atoms with Gasteiger partial charge in [0.25, 0.3) is 0 Å². The molecule has 0 heterocycles. The molecule has 0 aliphatic carbocycles. The van der Waals surface area contributed by atoms with Crippen molar-refractivity contribution in [1.29, 1.82) is 0 Å². The number of carboxylic acid groups (broad SMARTS) is 1. The van der Waals surface area contributed by atoms with Crippen molar-refractivity contribution in [3.05, 3.63) is 0 Å². The summed E-state index contributed by atoms with van der Waals surface area (Å²) in [4.78, 5) is 28.8. The number of carbonyl (C=O) groups excluding carboxylic acids is 1. The molecule has 0 bridgehead atoms. The molecule has 0 saturated carbocycles. The first-order valence-electron chi connectivity index (χ1n) is 6.38. The maximum atomic E-state index is 11.1. The first-order chi connectivity index (χ1) is 8.60. The lowest BCUT2D eigenvalue weighted by atomic mass is 10.1. The lowest BCUT2D eigenvalue weighted by molar-refractivity contribution is -0.217. The van der Waals surface area contributed by atoms with Gasteiger partial charge in [-0.2, -0.15) is 9.68 Å². The Bertz CT molecular complexity index is 241. The monoisotopic (exact) mass is 262 g/mol. The standard InChI is InChI=1S/C12H22O6/c1-3-5-7-9-10(8-6-4-2)16-12(15)18-17-11(13)14/h10H,3-9H2,1-2H3,(H,13,14). The highest BCUT2D eigenvalue weighted by Gasteiger charge is 2.17. The molecule has 0 aromatic carbocycles. The number of unbranched alkanes of at least 4 members (excludes halogenated alkanes) is 3. The molecular weight excluding hydrogens is 240 g/mol. The predicted molar refractivity (Wildman–Crippen MR) is 64.1 cm³/mol. The summed E-state index contributed by atoms with van der Waals surface area (Å²) in [6, 6.07) is 0. The van der Waals surface area contributed by atoms with Gasteiger partial charge in [-0.3, -0.25) is 0 Å². The summed E-state index contributed by atoms with van der Waals surface area (Å²) >= 11 is 0. The minimum absolute atomic E-state index is 0.235. The summed E-state index contributed by atoms with van der Waals surface area (Å²) in [7, 11) is 0. The van der Waals surface area contributed by atoms with Crippen LogP contribution in [0.5, 0.6) is 0 Å². The van der Waals surface area contributed by atoms with E-state index < -0.39 is 12.3 Å². The van der Waals surface area contributed by atoms with Crippen LogP contribution in [0.1, 0.15) is 58.8 Å². The van der Waals surface area contributed by atoms with Gasteiger partial charge in [0.1, 0.15) is 6.10 Å². The third kappa shape index (κ3) is 9.74. The zero-order chi connectivity index (χ0) is 13.8. The van der Waals surface area contributed by atoms with E-state index in [0.717, 1.165) is 44.9 Å². The fourth-order valence-corrected chi connectivity index (χ4v) is 1.54. The van der Waals surface area contributed by atoms with E-state index in [1.807, 2.05) is 0 Å². The van der Waals surface area contributed by atoms with Crippen molar-refractivity contribution in [2.75, 3.05) is 0 Å². The zero-order valence-corrected chi connectivity index (χ0v) is 11.0. The number of rotatable bonds is 8. The average Bonchev–Trinajstić information content (AvgIpc) is 2.33. The molecule has 0 saturated heterocycles. The molecule has 0 aliphatic heterocycles. The summed E-state index contributed by atoms with van der Waals surface area (Å²) < 4.78 is 5.00. The van der Waals surface area contributed by atoms with E-state index >= 15 is 0 Å². The predicted octanol–water partition coefficient (Wildman–Crippen LogP) is 3.89. The smallest absolute Gasteiger partial charge is 0.447 e. The van der Waals surface area contributed by atoms with Crippen LogP contribution in [0.4, 0.5) is 9.59 Å². The van der Waals surface area contributed by atoms with Crippen LogP contribution in [-0.4, -0.2) is 23.5 Å². The molecule has 6 nitrogen and oxygen atoms in total. The van der Waals surface area contributed by atoms with E-state index in [1.165, 1.54) is 0 Å². The van der Waals surface area contributed by atoms with Gasteiger partial charge in [-0.15, -0.1) is 0 Å². The second-order valence-electron chi connectivity index (χ2n) is 4.06. The van der Waals surface area contributed by atoms with Gasteiger partial charge < -0.3 is 9.84 Å². The highest BCUT2D eigenvalue weighted by Crippen LogP contribution is 2.14. The lowest BCUT2D eigenvalue weighted by Gasteiger charge is -2.16. The van der Waals surface area contributed by atoms with Crippen molar-refractivity contribution in [2.24, 2.45) is 0 Å². The molecule has 1 atom stereocenters. The molecule has 0 aliphatic rings. The Hall–Kier alpha value is -1.46. The molecule has 0 spiro atoms. The van der Waals surface area contributed by atoms with Gasteiger partial charge in [-0.25, -0.2) is 9.68 Å². The van der Waals surface area contributed by atoms with Gasteiger partial charge in [-0.1, -0.05) is 39.5 Å². The van der Waals surface area contributed by atoms with Crippen molar-refractivity contribution in [3.8, 4) is 0 Å². The molecular formula is C12H22O6. The van der Waals surface area contributed by atoms with Crippen molar-refractivity contribution < 1.29 is 29.2 Å². The SMILES string of the molecule is CCCCCC(CCCC)OC(=O)OOC(=O)O. The minimum Gasteiger partial charge on any atom is -0.447 e. The van der Waals surface area contributed by atoms with Crippen molar-refractivity contribution in [1.82, 2.24) is 0 Å². The summed E-state index contributed by atoms with van der Waals surface area (Å²) in [5, 5.41) is 8.16. The Kier molecular flexibility index (Phi) is 9.81. The van der Waals surface area contributed by atoms with Crippen LogP contribution in [0.3, 0.4) is 0 Å². The van der Waals surface area contributed by atoms with E-state index in [2.05, 4.69) is 23.6 Å². The van der Waals surface area contributed by atoms with Crippen LogP contribution in [0, 0.1) is 0 Å². The van der Waals surface area contributed by atoms with Gasteiger partial charge in [0.15, 0.2) is 0 Å². The summed E-state index contributed by atoms with van der Waals surface area (Å²) in [5.74, 6) is 0. The largest absolute Gasteiger partial charge is 0.550 e. The molecule has 0 rings (SSSR count). The molecule has 0 radical (unpaired) electrons. The van der Waals surface area contributed by atoms with E-state index in [4.69, 9.17) is 9.84 Å². The molecule has 1 N–H and O–H groups in total. The number of hydrogen-bond donors (Lipinski definition) is 1.